The molecule has 100 valence electrons. The topological polar surface area (TPSA) is 74.6 Å². The monoisotopic (exact) mass is 244 g/mol. The Bertz CT molecular complexity index is 210. The number of aliphatic hydroxyl groups excluding tert-OH is 2. The van der Waals surface area contributed by atoms with E-state index in [0.29, 0.717) is 12.8 Å². The van der Waals surface area contributed by atoms with Gasteiger partial charge < -0.3 is 10.2 Å². The minimum atomic E-state index is -0.560. The number of Topliss-reactive ketones (excluding diaryl/α,β-unsaturated/α-hetero) is 2. The SMILES string of the molecule is C[C@@H](O)CC(=O)CCCCCC(=O)C[C@@H](C)O. The predicted molar refractivity (Wildman–Crippen MR) is 65.7 cm³/mol. The van der Waals surface area contributed by atoms with E-state index in [1.54, 1.807) is 13.8 Å². The first-order valence-electron chi connectivity index (χ1n) is 6.31. The van der Waals surface area contributed by atoms with Crippen molar-refractivity contribution < 1.29 is 19.8 Å². The summed E-state index contributed by atoms with van der Waals surface area (Å²) in [5, 5.41) is 18.0. The van der Waals surface area contributed by atoms with Crippen LogP contribution in [0.25, 0.3) is 0 Å². The van der Waals surface area contributed by atoms with Crippen molar-refractivity contribution in [3.05, 3.63) is 0 Å². The predicted octanol–water partition coefficient (Wildman–Crippen LogP) is 1.62. The lowest BCUT2D eigenvalue weighted by Crippen LogP contribution is -2.10. The minimum absolute atomic E-state index is 0.0790. The van der Waals surface area contributed by atoms with Gasteiger partial charge in [0.15, 0.2) is 0 Å². The van der Waals surface area contributed by atoms with E-state index < -0.39 is 12.2 Å². The van der Waals surface area contributed by atoms with Crippen LogP contribution in [0.15, 0.2) is 0 Å². The van der Waals surface area contributed by atoms with E-state index in [9.17, 15) is 9.59 Å². The van der Waals surface area contributed by atoms with Gasteiger partial charge in [-0.1, -0.05) is 6.42 Å². The summed E-state index contributed by atoms with van der Waals surface area (Å²) in [6.45, 7) is 3.21. The lowest BCUT2D eigenvalue weighted by molar-refractivity contribution is -0.121. The van der Waals surface area contributed by atoms with Gasteiger partial charge in [-0.05, 0) is 26.7 Å². The molecule has 0 aromatic heterocycles. The fourth-order valence-corrected chi connectivity index (χ4v) is 1.68. The second-order valence-corrected chi connectivity index (χ2v) is 4.74. The molecule has 4 heteroatoms. The number of aliphatic hydroxyl groups is 2. The van der Waals surface area contributed by atoms with Gasteiger partial charge in [0.05, 0.1) is 12.2 Å². The summed E-state index contributed by atoms with van der Waals surface area (Å²) < 4.78 is 0. The van der Waals surface area contributed by atoms with Crippen molar-refractivity contribution >= 4 is 11.6 Å². The van der Waals surface area contributed by atoms with Crippen molar-refractivity contribution in [2.75, 3.05) is 0 Å². The summed E-state index contributed by atoms with van der Waals surface area (Å²) in [6, 6.07) is 0. The van der Waals surface area contributed by atoms with Crippen molar-refractivity contribution in [1.29, 1.82) is 0 Å². The maximum atomic E-state index is 11.2. The first kappa shape index (κ1) is 16.3. The molecule has 0 unspecified atom stereocenters. The highest BCUT2D eigenvalue weighted by Gasteiger charge is 2.07. The highest BCUT2D eigenvalue weighted by atomic mass is 16.3. The zero-order valence-electron chi connectivity index (χ0n) is 10.8. The molecule has 0 bridgehead atoms. The molecule has 2 N–H and O–H groups in total. The standard InChI is InChI=1S/C13H24O4/c1-10(14)8-12(16)6-4-3-5-7-13(17)9-11(2)15/h10-11,14-15H,3-9H2,1-2H3/t10-,11-/m1/s1. The molecule has 0 amide bonds. The van der Waals surface area contributed by atoms with E-state index in [0.717, 1.165) is 19.3 Å². The molecule has 2 atom stereocenters. The number of rotatable bonds is 10. The van der Waals surface area contributed by atoms with Gasteiger partial charge in [-0.25, -0.2) is 0 Å². The van der Waals surface area contributed by atoms with E-state index in [1.165, 1.54) is 0 Å². The van der Waals surface area contributed by atoms with Crippen LogP contribution >= 0.6 is 0 Å². The van der Waals surface area contributed by atoms with Gasteiger partial charge in [-0.2, -0.15) is 0 Å². The molecule has 0 fully saturated rings. The maximum Gasteiger partial charge on any atom is 0.135 e. The number of hydrogen-bond donors (Lipinski definition) is 2. The molecule has 0 aromatic carbocycles. The second kappa shape index (κ2) is 9.31. The molecule has 0 aliphatic heterocycles. The Hall–Kier alpha value is -0.740. The quantitative estimate of drug-likeness (QED) is 0.573. The molecule has 0 saturated carbocycles. The highest BCUT2D eigenvalue weighted by molar-refractivity contribution is 5.79. The summed E-state index contributed by atoms with van der Waals surface area (Å²) in [4.78, 5) is 22.5. The van der Waals surface area contributed by atoms with Gasteiger partial charge in [0.25, 0.3) is 0 Å². The van der Waals surface area contributed by atoms with E-state index in [1.807, 2.05) is 0 Å². The molecular formula is C13H24O4. The third-order valence-electron chi connectivity index (χ3n) is 2.46. The molecule has 0 radical (unpaired) electrons. The average molecular weight is 244 g/mol. The zero-order chi connectivity index (χ0) is 13.3. The number of ketones is 2. The first-order valence-corrected chi connectivity index (χ1v) is 6.31. The van der Waals surface area contributed by atoms with Gasteiger partial charge in [0.1, 0.15) is 11.6 Å². The molecule has 0 aliphatic rings. The maximum absolute atomic E-state index is 11.2. The van der Waals surface area contributed by atoms with Crippen LogP contribution in [-0.2, 0) is 9.59 Å². The van der Waals surface area contributed by atoms with Crippen molar-refractivity contribution in [2.45, 2.75) is 71.0 Å². The van der Waals surface area contributed by atoms with Gasteiger partial charge in [0.2, 0.25) is 0 Å². The number of carbonyl (C=O) groups is 2. The molecule has 0 aliphatic carbocycles. The minimum Gasteiger partial charge on any atom is -0.393 e. The Morgan fingerprint density at radius 1 is 0.824 bits per heavy atom. The van der Waals surface area contributed by atoms with Gasteiger partial charge in [-0.3, -0.25) is 9.59 Å². The fraction of sp³-hybridized carbons (Fsp3) is 0.846. The Kier molecular flexibility index (Phi) is 8.90. The lowest BCUT2D eigenvalue weighted by atomic mass is 10.0. The van der Waals surface area contributed by atoms with Gasteiger partial charge >= 0.3 is 0 Å². The summed E-state index contributed by atoms with van der Waals surface area (Å²) in [6.07, 6.45) is 2.68. The van der Waals surface area contributed by atoms with Crippen molar-refractivity contribution in [1.82, 2.24) is 0 Å². The normalized spacial score (nSPS) is 14.4. The van der Waals surface area contributed by atoms with Crippen LogP contribution in [-0.4, -0.2) is 34.0 Å². The smallest absolute Gasteiger partial charge is 0.135 e. The average Bonchev–Trinajstić information content (AvgIpc) is 2.14. The second-order valence-electron chi connectivity index (χ2n) is 4.74. The number of unbranched alkanes of at least 4 members (excludes halogenated alkanes) is 2. The summed E-state index contributed by atoms with van der Waals surface area (Å²) in [5.41, 5.74) is 0. The Morgan fingerprint density at radius 3 is 1.47 bits per heavy atom. The van der Waals surface area contributed by atoms with Crippen molar-refractivity contribution in [3.8, 4) is 0 Å². The van der Waals surface area contributed by atoms with Crippen LogP contribution in [0.3, 0.4) is 0 Å². The highest BCUT2D eigenvalue weighted by Crippen LogP contribution is 2.08. The van der Waals surface area contributed by atoms with Gasteiger partial charge in [-0.15, -0.1) is 0 Å². The van der Waals surface area contributed by atoms with E-state index in [4.69, 9.17) is 10.2 Å². The molecule has 0 rings (SSSR count). The summed E-state index contributed by atoms with van der Waals surface area (Å²) >= 11 is 0. The Labute approximate surface area is 103 Å². The van der Waals surface area contributed by atoms with Crippen molar-refractivity contribution in [3.63, 3.8) is 0 Å². The number of carbonyl (C=O) groups excluding carboxylic acids is 2. The largest absolute Gasteiger partial charge is 0.393 e. The first-order chi connectivity index (χ1) is 7.91. The third-order valence-corrected chi connectivity index (χ3v) is 2.46. The Morgan fingerprint density at radius 2 is 1.18 bits per heavy atom. The van der Waals surface area contributed by atoms with E-state index in [-0.39, 0.29) is 24.4 Å². The van der Waals surface area contributed by atoms with Crippen molar-refractivity contribution in [2.24, 2.45) is 0 Å². The fourth-order valence-electron chi connectivity index (χ4n) is 1.68. The van der Waals surface area contributed by atoms with Gasteiger partial charge in [0, 0.05) is 25.7 Å². The lowest BCUT2D eigenvalue weighted by Gasteiger charge is -2.04. The van der Waals surface area contributed by atoms with E-state index in [2.05, 4.69) is 0 Å². The Balaban J connectivity index is 3.40. The molecular weight excluding hydrogens is 220 g/mol. The van der Waals surface area contributed by atoms with Crippen LogP contribution in [0.2, 0.25) is 0 Å². The van der Waals surface area contributed by atoms with Crippen LogP contribution in [0.4, 0.5) is 0 Å². The van der Waals surface area contributed by atoms with Crippen LogP contribution in [0, 0.1) is 0 Å². The molecule has 0 aromatic rings. The zero-order valence-corrected chi connectivity index (χ0v) is 10.8. The summed E-state index contributed by atoms with van der Waals surface area (Å²) in [5.74, 6) is 0.158. The van der Waals surface area contributed by atoms with Crippen LogP contribution in [0.1, 0.15) is 58.8 Å². The molecule has 4 nitrogen and oxygen atoms in total. The van der Waals surface area contributed by atoms with Crippen LogP contribution < -0.4 is 0 Å². The third kappa shape index (κ3) is 11.5. The molecule has 0 heterocycles. The molecule has 17 heavy (non-hydrogen) atoms. The number of hydrogen-bond acceptors (Lipinski definition) is 4. The molecule has 0 saturated heterocycles. The summed E-state index contributed by atoms with van der Waals surface area (Å²) in [7, 11) is 0. The molecule has 0 spiro atoms. The van der Waals surface area contributed by atoms with E-state index >= 15 is 0 Å². The van der Waals surface area contributed by atoms with Crippen LogP contribution in [0.5, 0.6) is 0 Å².